The quantitative estimate of drug-likeness (QED) is 0.852. The molecule has 84 valence electrons. The summed E-state index contributed by atoms with van der Waals surface area (Å²) in [5.74, 6) is 0. The number of nitrogens with one attached hydrogen (secondary N) is 1. The van der Waals surface area contributed by atoms with Crippen molar-refractivity contribution in [2.75, 3.05) is 6.54 Å². The highest BCUT2D eigenvalue weighted by molar-refractivity contribution is 7.09. The molecular formula is C12H20N2S. The van der Waals surface area contributed by atoms with Crippen LogP contribution in [0.25, 0.3) is 0 Å². The van der Waals surface area contributed by atoms with Crippen molar-refractivity contribution in [2.24, 2.45) is 0 Å². The molecule has 0 saturated heterocycles. The molecule has 2 rings (SSSR count). The Hall–Kier alpha value is -0.410. The van der Waals surface area contributed by atoms with Crippen molar-refractivity contribution in [1.29, 1.82) is 0 Å². The molecule has 1 aliphatic rings. The number of hydrogen-bond acceptors (Lipinski definition) is 3. The van der Waals surface area contributed by atoms with Crippen molar-refractivity contribution >= 4 is 11.3 Å². The maximum absolute atomic E-state index is 4.68. The van der Waals surface area contributed by atoms with E-state index in [1.165, 1.54) is 37.1 Å². The fourth-order valence-corrected chi connectivity index (χ4v) is 3.57. The molecule has 1 saturated carbocycles. The summed E-state index contributed by atoms with van der Waals surface area (Å²) in [6.07, 6.45) is 6.58. The number of aryl methyl sites for hydroxylation is 1. The third-order valence-corrected chi connectivity index (χ3v) is 4.41. The zero-order valence-electron chi connectivity index (χ0n) is 9.68. The van der Waals surface area contributed by atoms with E-state index >= 15 is 0 Å². The highest BCUT2D eigenvalue weighted by atomic mass is 32.1. The van der Waals surface area contributed by atoms with Crippen molar-refractivity contribution < 1.29 is 0 Å². The zero-order valence-corrected chi connectivity index (χ0v) is 10.5. The smallest absolute Gasteiger partial charge is 0.113 e. The van der Waals surface area contributed by atoms with E-state index in [1.54, 1.807) is 0 Å². The lowest BCUT2D eigenvalue weighted by Crippen LogP contribution is -2.43. The van der Waals surface area contributed by atoms with Crippen molar-refractivity contribution in [1.82, 2.24) is 10.3 Å². The van der Waals surface area contributed by atoms with E-state index in [4.69, 9.17) is 0 Å². The van der Waals surface area contributed by atoms with Crippen LogP contribution in [0.4, 0.5) is 0 Å². The Morgan fingerprint density at radius 2 is 2.13 bits per heavy atom. The molecule has 1 aliphatic carbocycles. The molecular weight excluding hydrogens is 204 g/mol. The molecule has 0 aliphatic heterocycles. The van der Waals surface area contributed by atoms with E-state index in [0.717, 1.165) is 12.2 Å². The molecule has 0 radical (unpaired) electrons. The van der Waals surface area contributed by atoms with Gasteiger partial charge in [0.15, 0.2) is 0 Å². The molecule has 3 heteroatoms. The largest absolute Gasteiger partial charge is 0.306 e. The van der Waals surface area contributed by atoms with Gasteiger partial charge < -0.3 is 5.32 Å². The van der Waals surface area contributed by atoms with Crippen LogP contribution in [0.15, 0.2) is 5.38 Å². The Morgan fingerprint density at radius 1 is 1.40 bits per heavy atom. The van der Waals surface area contributed by atoms with E-state index in [9.17, 15) is 0 Å². The molecule has 0 unspecified atom stereocenters. The summed E-state index contributed by atoms with van der Waals surface area (Å²) >= 11 is 1.82. The van der Waals surface area contributed by atoms with Gasteiger partial charge in [-0.3, -0.25) is 0 Å². The van der Waals surface area contributed by atoms with Gasteiger partial charge in [-0.1, -0.05) is 26.2 Å². The van der Waals surface area contributed by atoms with Gasteiger partial charge in [-0.05, 0) is 26.3 Å². The van der Waals surface area contributed by atoms with Crippen molar-refractivity contribution in [2.45, 2.75) is 51.5 Å². The van der Waals surface area contributed by atoms with Crippen LogP contribution in [0, 0.1) is 6.92 Å². The second-order valence-electron chi connectivity index (χ2n) is 4.47. The van der Waals surface area contributed by atoms with Gasteiger partial charge in [-0.15, -0.1) is 11.3 Å². The van der Waals surface area contributed by atoms with Crippen LogP contribution in [-0.2, 0) is 5.54 Å². The monoisotopic (exact) mass is 224 g/mol. The maximum Gasteiger partial charge on any atom is 0.113 e. The fraction of sp³-hybridized carbons (Fsp3) is 0.750. The van der Waals surface area contributed by atoms with Gasteiger partial charge in [0.1, 0.15) is 5.01 Å². The van der Waals surface area contributed by atoms with E-state index in [0.29, 0.717) is 0 Å². The lowest BCUT2D eigenvalue weighted by molar-refractivity contribution is 0.237. The van der Waals surface area contributed by atoms with Crippen LogP contribution in [0.3, 0.4) is 0 Å². The first-order valence-electron chi connectivity index (χ1n) is 5.94. The average molecular weight is 224 g/mol. The number of nitrogens with zero attached hydrogens (tertiary/aromatic N) is 1. The van der Waals surface area contributed by atoms with Crippen LogP contribution < -0.4 is 5.32 Å². The zero-order chi connectivity index (χ0) is 10.7. The summed E-state index contributed by atoms with van der Waals surface area (Å²) in [7, 11) is 0. The second kappa shape index (κ2) is 4.62. The first-order valence-corrected chi connectivity index (χ1v) is 6.82. The first-order chi connectivity index (χ1) is 7.27. The predicted molar refractivity (Wildman–Crippen MR) is 65.3 cm³/mol. The first kappa shape index (κ1) is 11.1. The average Bonchev–Trinajstić information content (AvgIpc) is 2.67. The molecule has 0 spiro atoms. The Morgan fingerprint density at radius 3 is 2.67 bits per heavy atom. The van der Waals surface area contributed by atoms with E-state index in [-0.39, 0.29) is 5.54 Å². The standard InChI is InChI=1S/C12H20N2S/c1-3-13-12(7-5-4-6-8-12)11-14-10(2)9-15-11/h9,13H,3-8H2,1-2H3. The molecule has 1 aromatic rings. The molecule has 0 aromatic carbocycles. The molecule has 0 bridgehead atoms. The molecule has 2 nitrogen and oxygen atoms in total. The summed E-state index contributed by atoms with van der Waals surface area (Å²) < 4.78 is 0. The summed E-state index contributed by atoms with van der Waals surface area (Å²) in [5, 5.41) is 7.15. The van der Waals surface area contributed by atoms with Gasteiger partial charge in [-0.2, -0.15) is 0 Å². The minimum atomic E-state index is 0.200. The predicted octanol–water partition coefficient (Wildman–Crippen LogP) is 3.22. The van der Waals surface area contributed by atoms with E-state index in [1.807, 2.05) is 11.3 Å². The minimum Gasteiger partial charge on any atom is -0.306 e. The van der Waals surface area contributed by atoms with Gasteiger partial charge in [0.05, 0.1) is 5.54 Å². The molecule has 1 fully saturated rings. The van der Waals surface area contributed by atoms with Crippen molar-refractivity contribution in [3.05, 3.63) is 16.1 Å². The van der Waals surface area contributed by atoms with Crippen molar-refractivity contribution in [3.8, 4) is 0 Å². The summed E-state index contributed by atoms with van der Waals surface area (Å²) in [6.45, 7) is 5.32. The maximum atomic E-state index is 4.68. The molecule has 15 heavy (non-hydrogen) atoms. The normalized spacial score (nSPS) is 20.4. The topological polar surface area (TPSA) is 24.9 Å². The SMILES string of the molecule is CCNC1(c2nc(C)cs2)CCCCC1. The number of hydrogen-bond donors (Lipinski definition) is 1. The molecule has 0 atom stereocenters. The Kier molecular flexibility index (Phi) is 3.42. The van der Waals surface area contributed by atoms with E-state index in [2.05, 4.69) is 29.5 Å². The molecule has 1 N–H and O–H groups in total. The summed E-state index contributed by atoms with van der Waals surface area (Å²) in [6, 6.07) is 0. The van der Waals surface area contributed by atoms with Crippen LogP contribution in [0.2, 0.25) is 0 Å². The summed E-state index contributed by atoms with van der Waals surface area (Å²) in [5.41, 5.74) is 1.37. The molecule has 1 heterocycles. The highest BCUT2D eigenvalue weighted by Crippen LogP contribution is 2.38. The third-order valence-electron chi connectivity index (χ3n) is 3.25. The van der Waals surface area contributed by atoms with Crippen LogP contribution in [0.5, 0.6) is 0 Å². The van der Waals surface area contributed by atoms with Crippen LogP contribution in [0.1, 0.15) is 49.7 Å². The Balaban J connectivity index is 2.24. The van der Waals surface area contributed by atoms with Crippen molar-refractivity contribution in [3.63, 3.8) is 0 Å². The molecule has 1 aromatic heterocycles. The van der Waals surface area contributed by atoms with E-state index < -0.39 is 0 Å². The highest BCUT2D eigenvalue weighted by Gasteiger charge is 2.35. The minimum absolute atomic E-state index is 0.200. The Bertz CT molecular complexity index is 308. The fourth-order valence-electron chi connectivity index (χ4n) is 2.53. The van der Waals surface area contributed by atoms with Crippen LogP contribution >= 0.6 is 11.3 Å². The number of thiazole rings is 1. The lowest BCUT2D eigenvalue weighted by Gasteiger charge is -2.36. The number of aromatic nitrogens is 1. The molecule has 0 amide bonds. The van der Waals surface area contributed by atoms with Gasteiger partial charge in [0.2, 0.25) is 0 Å². The Labute approximate surface area is 96.1 Å². The summed E-state index contributed by atoms with van der Waals surface area (Å²) in [4.78, 5) is 4.68. The van der Waals surface area contributed by atoms with Gasteiger partial charge in [-0.25, -0.2) is 4.98 Å². The lowest BCUT2D eigenvalue weighted by atomic mass is 9.82. The second-order valence-corrected chi connectivity index (χ2v) is 5.33. The van der Waals surface area contributed by atoms with Gasteiger partial charge >= 0.3 is 0 Å². The third kappa shape index (κ3) is 2.23. The van der Waals surface area contributed by atoms with Gasteiger partial charge in [0, 0.05) is 11.1 Å². The number of rotatable bonds is 3. The van der Waals surface area contributed by atoms with Gasteiger partial charge in [0.25, 0.3) is 0 Å². The van der Waals surface area contributed by atoms with Crippen LogP contribution in [-0.4, -0.2) is 11.5 Å².